The van der Waals surface area contributed by atoms with E-state index in [9.17, 15) is 14.7 Å². The summed E-state index contributed by atoms with van der Waals surface area (Å²) in [7, 11) is 6.47. The van der Waals surface area contributed by atoms with Crippen molar-refractivity contribution in [2.45, 2.75) is 65.5 Å². The minimum absolute atomic E-state index is 0.000152. The van der Waals surface area contributed by atoms with Crippen molar-refractivity contribution in [3.8, 4) is 11.5 Å². The summed E-state index contributed by atoms with van der Waals surface area (Å²) < 4.78 is 11.9. The van der Waals surface area contributed by atoms with Crippen molar-refractivity contribution < 1.29 is 28.7 Å². The van der Waals surface area contributed by atoms with Crippen molar-refractivity contribution in [2.24, 2.45) is 11.3 Å². The normalized spacial score (nSPS) is 20.6. The number of unbranched alkanes of at least 4 members (excludes halogenated alkanes) is 1. The molecule has 1 saturated heterocycles. The molecule has 1 N–H and O–H groups in total. The largest absolute Gasteiger partial charge is 0.481 e. The molecule has 2 aliphatic rings. The number of carbonyl (C=O) groups is 2. The fourth-order valence-electron chi connectivity index (χ4n) is 6.63. The number of amides is 1. The molecule has 0 bridgehead atoms. The van der Waals surface area contributed by atoms with E-state index >= 15 is 0 Å². The molecule has 4 rings (SSSR count). The molecule has 0 unspecified atom stereocenters. The van der Waals surface area contributed by atoms with Gasteiger partial charge >= 0.3 is 5.97 Å². The van der Waals surface area contributed by atoms with Crippen LogP contribution in [-0.4, -0.2) is 80.0 Å². The molecule has 8 nitrogen and oxygen atoms in total. The predicted molar refractivity (Wildman–Crippen MR) is 170 cm³/mol. The highest BCUT2D eigenvalue weighted by atomic mass is 16.7. The van der Waals surface area contributed by atoms with Gasteiger partial charge in [0.15, 0.2) is 11.5 Å². The van der Waals surface area contributed by atoms with Crippen LogP contribution in [0.15, 0.2) is 54.6 Å². The van der Waals surface area contributed by atoms with Crippen LogP contribution in [0.1, 0.15) is 64.0 Å². The molecule has 0 radical (unpaired) electrons. The second-order valence-corrected chi connectivity index (χ2v) is 13.8. The van der Waals surface area contributed by atoms with E-state index in [0.29, 0.717) is 31.0 Å². The van der Waals surface area contributed by atoms with Gasteiger partial charge in [-0.1, -0.05) is 57.5 Å². The molecule has 2 aromatic rings. The zero-order valence-corrected chi connectivity index (χ0v) is 27.0. The Kier molecular flexibility index (Phi) is 10.2. The Hall–Kier alpha value is -3.36. The van der Waals surface area contributed by atoms with Gasteiger partial charge in [0.2, 0.25) is 12.7 Å². The average Bonchev–Trinajstić information content (AvgIpc) is 3.52. The summed E-state index contributed by atoms with van der Waals surface area (Å²) in [5.41, 5.74) is 2.74. The maximum absolute atomic E-state index is 14.2. The second kappa shape index (κ2) is 13.5. The molecule has 0 aromatic heterocycles. The molecule has 3 atom stereocenters. The molecule has 0 spiro atoms. The average molecular weight is 593 g/mol. The smallest absolute Gasteiger partial charge is 0.308 e. The number of rotatable bonds is 13. The van der Waals surface area contributed by atoms with Crippen molar-refractivity contribution in [3.05, 3.63) is 65.7 Å². The third-order valence-corrected chi connectivity index (χ3v) is 8.47. The number of hydrogen-bond acceptors (Lipinski definition) is 5. The lowest BCUT2D eigenvalue weighted by Gasteiger charge is -2.34. The summed E-state index contributed by atoms with van der Waals surface area (Å²) >= 11 is 0. The number of benzene rings is 2. The highest BCUT2D eigenvalue weighted by molar-refractivity contribution is 5.95. The number of quaternary nitrogens is 1. The summed E-state index contributed by atoms with van der Waals surface area (Å²) in [4.78, 5) is 31.2. The molecule has 1 fully saturated rings. The van der Waals surface area contributed by atoms with Crippen LogP contribution in [0.3, 0.4) is 0 Å². The van der Waals surface area contributed by atoms with Crippen LogP contribution in [0, 0.1) is 11.3 Å². The Morgan fingerprint density at radius 3 is 2.53 bits per heavy atom. The zero-order valence-electron chi connectivity index (χ0n) is 27.0. The number of carboxylic acid groups (broad SMARTS) is 1. The van der Waals surface area contributed by atoms with Crippen molar-refractivity contribution in [3.63, 3.8) is 0 Å². The molecular formula is C35H50N3O5+. The van der Waals surface area contributed by atoms with Crippen molar-refractivity contribution in [2.75, 3.05) is 52.5 Å². The van der Waals surface area contributed by atoms with Crippen LogP contribution >= 0.6 is 0 Å². The Morgan fingerprint density at radius 2 is 1.86 bits per heavy atom. The number of likely N-dealkylation sites (tertiary alicyclic amines) is 1. The minimum atomic E-state index is -0.838. The standard InChI is InChI=1S/C35H49N3O5/c1-8-10-17-37(27-13-11-12-25(18-27)23-38(5,6)7)32(39)22-36-21-28(26-14-15-30-31(19-26)43-24-42-30)33(34(40)41)29(36)20-35(3,4)16-9-2/h9,11-16,18-19,28-29,33H,8,10,17,20-24H2,1-7H3/p+1/b16-9+/t28-,29+,33-/m1/s1. The van der Waals surface area contributed by atoms with Gasteiger partial charge in [0.1, 0.15) is 6.54 Å². The summed E-state index contributed by atoms with van der Waals surface area (Å²) in [6.07, 6.45) is 6.63. The van der Waals surface area contributed by atoms with E-state index in [0.717, 1.165) is 35.1 Å². The van der Waals surface area contributed by atoms with Gasteiger partial charge in [-0.3, -0.25) is 14.5 Å². The molecular weight excluding hydrogens is 542 g/mol. The van der Waals surface area contributed by atoms with Crippen molar-refractivity contribution >= 4 is 17.6 Å². The van der Waals surface area contributed by atoms with E-state index in [4.69, 9.17) is 9.47 Å². The van der Waals surface area contributed by atoms with Gasteiger partial charge in [-0.15, -0.1) is 0 Å². The van der Waals surface area contributed by atoms with E-state index in [1.807, 2.05) is 48.2 Å². The SMILES string of the molecule is C/C=C/C(C)(C)C[C@H]1[C@H](C(=O)O)[C@@H](c2ccc3c(c2)OCO3)CN1CC(=O)N(CCCC)c1cccc(C[N+](C)(C)C)c1. The lowest BCUT2D eigenvalue weighted by atomic mass is 9.77. The number of aliphatic carboxylic acids is 1. The van der Waals surface area contributed by atoms with Gasteiger partial charge in [0, 0.05) is 36.3 Å². The number of fused-ring (bicyclic) bond motifs is 1. The van der Waals surface area contributed by atoms with Crippen LogP contribution in [-0.2, 0) is 16.1 Å². The number of anilines is 1. The Balaban J connectivity index is 1.67. The first-order chi connectivity index (χ1) is 20.3. The number of carbonyl (C=O) groups excluding carboxylic acids is 1. The quantitative estimate of drug-likeness (QED) is 0.230. The van der Waals surface area contributed by atoms with Crippen molar-refractivity contribution in [1.29, 1.82) is 0 Å². The Labute approximate surface area is 257 Å². The maximum atomic E-state index is 14.2. The van der Waals surface area contributed by atoms with Gasteiger partial charge in [0.05, 0.1) is 33.6 Å². The third kappa shape index (κ3) is 8.18. The summed E-state index contributed by atoms with van der Waals surface area (Å²) in [5, 5.41) is 10.6. The lowest BCUT2D eigenvalue weighted by molar-refractivity contribution is -0.884. The minimum Gasteiger partial charge on any atom is -0.481 e. The number of carboxylic acids is 1. The molecule has 8 heteroatoms. The van der Waals surface area contributed by atoms with Crippen LogP contribution in [0.25, 0.3) is 0 Å². The first kappa shape index (κ1) is 32.6. The van der Waals surface area contributed by atoms with E-state index in [1.54, 1.807) is 0 Å². The third-order valence-electron chi connectivity index (χ3n) is 8.47. The van der Waals surface area contributed by atoms with Crippen molar-refractivity contribution in [1.82, 2.24) is 4.90 Å². The monoisotopic (exact) mass is 592 g/mol. The molecule has 2 heterocycles. The van der Waals surface area contributed by atoms with Crippen LogP contribution in [0.2, 0.25) is 0 Å². The molecule has 2 aromatic carbocycles. The molecule has 1 amide bonds. The predicted octanol–water partition coefficient (Wildman–Crippen LogP) is 5.92. The summed E-state index contributed by atoms with van der Waals surface area (Å²) in [6.45, 7) is 10.7. The molecule has 0 aliphatic carbocycles. The van der Waals surface area contributed by atoms with E-state index in [2.05, 4.69) is 65.0 Å². The first-order valence-electron chi connectivity index (χ1n) is 15.5. The fourth-order valence-corrected chi connectivity index (χ4v) is 6.63. The van der Waals surface area contributed by atoms with E-state index in [1.165, 1.54) is 5.56 Å². The highest BCUT2D eigenvalue weighted by Gasteiger charge is 2.48. The topological polar surface area (TPSA) is 79.3 Å². The van der Waals surface area contributed by atoms with E-state index in [-0.39, 0.29) is 36.6 Å². The van der Waals surface area contributed by atoms with Gasteiger partial charge in [-0.25, -0.2) is 0 Å². The lowest BCUT2D eigenvalue weighted by Crippen LogP contribution is -2.45. The fraction of sp³-hybridized carbons (Fsp3) is 0.543. The molecule has 43 heavy (non-hydrogen) atoms. The first-order valence-corrected chi connectivity index (χ1v) is 15.5. The van der Waals surface area contributed by atoms with Gasteiger partial charge < -0.3 is 24.0 Å². The Bertz CT molecular complexity index is 1310. The Morgan fingerprint density at radius 1 is 1.12 bits per heavy atom. The molecule has 234 valence electrons. The van der Waals surface area contributed by atoms with Gasteiger partial charge in [-0.2, -0.15) is 0 Å². The summed E-state index contributed by atoms with van der Waals surface area (Å²) in [6, 6.07) is 13.7. The molecule has 0 saturated carbocycles. The second-order valence-electron chi connectivity index (χ2n) is 13.8. The highest BCUT2D eigenvalue weighted by Crippen LogP contribution is 2.45. The zero-order chi connectivity index (χ0) is 31.4. The maximum Gasteiger partial charge on any atom is 0.308 e. The number of hydrogen-bond donors (Lipinski definition) is 1. The number of ether oxygens (including phenoxy) is 2. The van der Waals surface area contributed by atoms with Gasteiger partial charge in [0.25, 0.3) is 0 Å². The number of nitrogens with zero attached hydrogens (tertiary/aromatic N) is 3. The number of allylic oxidation sites excluding steroid dienone is 2. The summed E-state index contributed by atoms with van der Waals surface area (Å²) in [5.74, 6) is -0.486. The van der Waals surface area contributed by atoms with Crippen LogP contribution in [0.4, 0.5) is 5.69 Å². The van der Waals surface area contributed by atoms with Crippen LogP contribution in [0.5, 0.6) is 11.5 Å². The van der Waals surface area contributed by atoms with Gasteiger partial charge in [-0.05, 0) is 55.0 Å². The molecule has 2 aliphatic heterocycles. The van der Waals surface area contributed by atoms with Crippen LogP contribution < -0.4 is 14.4 Å². The van der Waals surface area contributed by atoms with E-state index < -0.39 is 11.9 Å².